The smallest absolute Gasteiger partial charge is 0.0495 e. The molecule has 16 heavy (non-hydrogen) atoms. The number of hydrogen-bond acceptors (Lipinski definition) is 1. The molecule has 0 N–H and O–H groups in total. The van der Waals surface area contributed by atoms with Crippen molar-refractivity contribution in [3.8, 4) is 0 Å². The topological polar surface area (TPSA) is 12.4 Å². The molecule has 0 saturated heterocycles. The van der Waals surface area contributed by atoms with Crippen molar-refractivity contribution in [3.05, 3.63) is 12.2 Å². The molecule has 1 fully saturated rings. The number of hydrogen-bond donors (Lipinski definition) is 0. The minimum absolute atomic E-state index is 0.662. The van der Waals surface area contributed by atoms with Crippen LogP contribution in [0.3, 0.4) is 0 Å². The Morgan fingerprint density at radius 2 is 1.62 bits per heavy atom. The predicted molar refractivity (Wildman–Crippen MR) is 71.1 cm³/mol. The standard InChI is InChI=1S/C15H25N/c1-2-5-9-14(10-6-3-1)13-16-15-11-7-4-8-12-15/h1-2,13-15H,3-12H2. The van der Waals surface area contributed by atoms with Gasteiger partial charge in [-0.2, -0.15) is 0 Å². The van der Waals surface area contributed by atoms with Crippen LogP contribution in [0.25, 0.3) is 0 Å². The van der Waals surface area contributed by atoms with Crippen LogP contribution in [0.1, 0.15) is 64.2 Å². The lowest BCUT2D eigenvalue weighted by Crippen LogP contribution is -2.12. The predicted octanol–water partition coefficient (Wildman–Crippen LogP) is 4.53. The first-order valence-electron chi connectivity index (χ1n) is 7.13. The molecule has 0 amide bonds. The van der Waals surface area contributed by atoms with Gasteiger partial charge in [0.05, 0.1) is 0 Å². The Morgan fingerprint density at radius 1 is 0.812 bits per heavy atom. The van der Waals surface area contributed by atoms with E-state index in [0.29, 0.717) is 6.04 Å². The van der Waals surface area contributed by atoms with Crippen LogP contribution in [0.15, 0.2) is 17.1 Å². The highest BCUT2D eigenvalue weighted by molar-refractivity contribution is 5.61. The Hall–Kier alpha value is -0.590. The highest BCUT2D eigenvalue weighted by atomic mass is 14.8. The van der Waals surface area contributed by atoms with E-state index < -0.39 is 0 Å². The van der Waals surface area contributed by atoms with Crippen molar-refractivity contribution in [3.63, 3.8) is 0 Å². The normalized spacial score (nSPS) is 29.1. The quantitative estimate of drug-likeness (QED) is 0.478. The molecule has 0 bridgehead atoms. The van der Waals surface area contributed by atoms with Gasteiger partial charge in [0, 0.05) is 12.3 Å². The minimum atomic E-state index is 0.662. The van der Waals surface area contributed by atoms with Crippen molar-refractivity contribution in [2.45, 2.75) is 70.3 Å². The number of rotatable bonds is 2. The first-order valence-corrected chi connectivity index (χ1v) is 7.13. The highest BCUT2D eigenvalue weighted by Crippen LogP contribution is 2.22. The van der Waals surface area contributed by atoms with E-state index in [9.17, 15) is 0 Å². The van der Waals surface area contributed by atoms with Gasteiger partial charge in [0.25, 0.3) is 0 Å². The third kappa shape index (κ3) is 4.11. The molecular formula is C15H25N. The van der Waals surface area contributed by atoms with Crippen molar-refractivity contribution in [2.24, 2.45) is 10.9 Å². The molecule has 1 unspecified atom stereocenters. The fraction of sp³-hybridized carbons (Fsp3) is 0.800. The second-order valence-corrected chi connectivity index (χ2v) is 5.33. The molecule has 0 aromatic heterocycles. The summed E-state index contributed by atoms with van der Waals surface area (Å²) in [6.45, 7) is 0. The Balaban J connectivity index is 1.77. The fourth-order valence-corrected chi connectivity index (χ4v) is 2.81. The first-order chi connectivity index (χ1) is 7.95. The molecule has 2 rings (SSSR count). The molecule has 90 valence electrons. The Labute approximate surface area is 100 Å². The van der Waals surface area contributed by atoms with E-state index in [1.54, 1.807) is 0 Å². The average molecular weight is 219 g/mol. The zero-order valence-corrected chi connectivity index (χ0v) is 10.4. The molecule has 0 aromatic carbocycles. The lowest BCUT2D eigenvalue weighted by atomic mass is 9.94. The SMILES string of the molecule is C1=CCCC(C=NC2CCCCC2)CCC1. The van der Waals surface area contributed by atoms with Crippen LogP contribution in [-0.4, -0.2) is 12.3 Å². The molecular weight excluding hydrogens is 194 g/mol. The maximum Gasteiger partial charge on any atom is 0.0495 e. The van der Waals surface area contributed by atoms with Crippen molar-refractivity contribution >= 4 is 6.21 Å². The van der Waals surface area contributed by atoms with Gasteiger partial charge in [0.2, 0.25) is 0 Å². The van der Waals surface area contributed by atoms with E-state index in [2.05, 4.69) is 18.4 Å². The molecule has 0 heterocycles. The Bertz CT molecular complexity index is 236. The summed E-state index contributed by atoms with van der Waals surface area (Å²) in [5.74, 6) is 0.756. The zero-order chi connectivity index (χ0) is 11.1. The van der Waals surface area contributed by atoms with Gasteiger partial charge in [-0.1, -0.05) is 31.4 Å². The number of aliphatic imine (C=N–C) groups is 1. The summed E-state index contributed by atoms with van der Waals surface area (Å²) in [7, 11) is 0. The van der Waals surface area contributed by atoms with Crippen LogP contribution in [0, 0.1) is 5.92 Å². The van der Waals surface area contributed by atoms with E-state index in [1.165, 1.54) is 64.2 Å². The first kappa shape index (κ1) is 11.9. The molecule has 2 aliphatic rings. The zero-order valence-electron chi connectivity index (χ0n) is 10.4. The summed E-state index contributed by atoms with van der Waals surface area (Å²) in [6, 6.07) is 0.662. The summed E-state index contributed by atoms with van der Waals surface area (Å²) >= 11 is 0. The molecule has 0 radical (unpaired) electrons. The van der Waals surface area contributed by atoms with E-state index in [0.717, 1.165) is 5.92 Å². The maximum absolute atomic E-state index is 4.83. The van der Waals surface area contributed by atoms with E-state index in [4.69, 9.17) is 4.99 Å². The summed E-state index contributed by atoms with van der Waals surface area (Å²) in [4.78, 5) is 4.83. The molecule has 1 atom stereocenters. The van der Waals surface area contributed by atoms with Crippen LogP contribution < -0.4 is 0 Å². The van der Waals surface area contributed by atoms with Crippen LogP contribution in [0.4, 0.5) is 0 Å². The van der Waals surface area contributed by atoms with E-state index in [1.807, 2.05) is 0 Å². The van der Waals surface area contributed by atoms with E-state index in [-0.39, 0.29) is 0 Å². The van der Waals surface area contributed by atoms with Gasteiger partial charge in [0.1, 0.15) is 0 Å². The lowest BCUT2D eigenvalue weighted by molar-refractivity contribution is 0.441. The van der Waals surface area contributed by atoms with Crippen LogP contribution in [0.2, 0.25) is 0 Å². The second kappa shape index (κ2) is 6.88. The van der Waals surface area contributed by atoms with Gasteiger partial charge in [0.15, 0.2) is 0 Å². The minimum Gasteiger partial charge on any atom is -0.294 e. The lowest BCUT2D eigenvalue weighted by Gasteiger charge is -2.19. The fourth-order valence-electron chi connectivity index (χ4n) is 2.81. The molecule has 0 aromatic rings. The Morgan fingerprint density at radius 3 is 2.50 bits per heavy atom. The summed E-state index contributed by atoms with van der Waals surface area (Å²) in [5, 5.41) is 0. The molecule has 1 heteroatoms. The van der Waals surface area contributed by atoms with Gasteiger partial charge in [-0.05, 0) is 50.9 Å². The number of allylic oxidation sites excluding steroid dienone is 2. The van der Waals surface area contributed by atoms with Crippen molar-refractivity contribution in [1.82, 2.24) is 0 Å². The molecule has 1 nitrogen and oxygen atoms in total. The van der Waals surface area contributed by atoms with Gasteiger partial charge in [-0.3, -0.25) is 4.99 Å². The monoisotopic (exact) mass is 219 g/mol. The summed E-state index contributed by atoms with van der Waals surface area (Å²) in [5.41, 5.74) is 0. The summed E-state index contributed by atoms with van der Waals surface area (Å²) in [6.07, 6.45) is 20.4. The maximum atomic E-state index is 4.83. The summed E-state index contributed by atoms with van der Waals surface area (Å²) < 4.78 is 0. The average Bonchev–Trinajstić information content (AvgIpc) is 2.29. The highest BCUT2D eigenvalue weighted by Gasteiger charge is 2.12. The Kier molecular flexibility index (Phi) is 5.11. The van der Waals surface area contributed by atoms with Gasteiger partial charge >= 0.3 is 0 Å². The largest absolute Gasteiger partial charge is 0.294 e. The molecule has 2 aliphatic carbocycles. The molecule has 0 spiro atoms. The van der Waals surface area contributed by atoms with Crippen LogP contribution in [-0.2, 0) is 0 Å². The van der Waals surface area contributed by atoms with Crippen LogP contribution >= 0.6 is 0 Å². The molecule has 0 aliphatic heterocycles. The molecule has 1 saturated carbocycles. The van der Waals surface area contributed by atoms with Gasteiger partial charge in [-0.15, -0.1) is 0 Å². The van der Waals surface area contributed by atoms with E-state index >= 15 is 0 Å². The van der Waals surface area contributed by atoms with Crippen molar-refractivity contribution in [2.75, 3.05) is 0 Å². The van der Waals surface area contributed by atoms with Gasteiger partial charge < -0.3 is 0 Å². The van der Waals surface area contributed by atoms with Crippen molar-refractivity contribution < 1.29 is 0 Å². The third-order valence-corrected chi connectivity index (χ3v) is 3.90. The van der Waals surface area contributed by atoms with Crippen LogP contribution in [0.5, 0.6) is 0 Å². The van der Waals surface area contributed by atoms with Gasteiger partial charge in [-0.25, -0.2) is 0 Å². The number of nitrogens with zero attached hydrogens (tertiary/aromatic N) is 1. The van der Waals surface area contributed by atoms with Crippen molar-refractivity contribution in [1.29, 1.82) is 0 Å². The third-order valence-electron chi connectivity index (χ3n) is 3.90. The second-order valence-electron chi connectivity index (χ2n) is 5.33.